The SMILES string of the molecule is CCOC(=O)/C=C/C1CN1C(=O)c1ccccc1. The lowest BCUT2D eigenvalue weighted by Crippen LogP contribution is -2.12. The molecule has 0 aliphatic carbocycles. The van der Waals surface area contributed by atoms with Crippen molar-refractivity contribution < 1.29 is 14.3 Å². The number of ether oxygens (including phenoxy) is 1. The number of carbonyl (C=O) groups is 2. The van der Waals surface area contributed by atoms with Gasteiger partial charge in [0.25, 0.3) is 5.91 Å². The Hall–Kier alpha value is -2.10. The summed E-state index contributed by atoms with van der Waals surface area (Å²) >= 11 is 0. The highest BCUT2D eigenvalue weighted by Gasteiger charge is 2.36. The standard InChI is InChI=1S/C14H15NO3/c1-2-18-13(16)9-8-12-10-15(12)14(17)11-6-4-3-5-7-11/h3-9,12H,2,10H2,1H3/b9-8+. The lowest BCUT2D eigenvalue weighted by atomic mass is 10.2. The summed E-state index contributed by atoms with van der Waals surface area (Å²) in [6, 6.07) is 9.12. The van der Waals surface area contributed by atoms with E-state index in [1.54, 1.807) is 30.0 Å². The van der Waals surface area contributed by atoms with Crippen molar-refractivity contribution in [3.8, 4) is 0 Å². The van der Waals surface area contributed by atoms with Gasteiger partial charge >= 0.3 is 5.97 Å². The molecule has 0 radical (unpaired) electrons. The van der Waals surface area contributed by atoms with Crippen molar-refractivity contribution in [2.75, 3.05) is 13.2 Å². The van der Waals surface area contributed by atoms with Crippen molar-refractivity contribution in [3.05, 3.63) is 48.0 Å². The minimum Gasteiger partial charge on any atom is -0.463 e. The van der Waals surface area contributed by atoms with Gasteiger partial charge in [0.15, 0.2) is 0 Å². The quantitative estimate of drug-likeness (QED) is 0.460. The van der Waals surface area contributed by atoms with Gasteiger partial charge in [0, 0.05) is 18.2 Å². The highest BCUT2D eigenvalue weighted by atomic mass is 16.5. The summed E-state index contributed by atoms with van der Waals surface area (Å²) in [5.41, 5.74) is 0.671. The molecular weight excluding hydrogens is 230 g/mol. The molecule has 1 unspecified atom stereocenters. The van der Waals surface area contributed by atoms with E-state index in [1.807, 2.05) is 18.2 Å². The Kier molecular flexibility index (Phi) is 3.77. The molecule has 0 N–H and O–H groups in total. The molecule has 94 valence electrons. The molecule has 18 heavy (non-hydrogen) atoms. The highest BCUT2D eigenvalue weighted by Crippen LogP contribution is 2.22. The minimum atomic E-state index is -0.364. The molecule has 1 aliphatic heterocycles. The molecule has 0 aromatic heterocycles. The van der Waals surface area contributed by atoms with Gasteiger partial charge in [0.1, 0.15) is 0 Å². The number of hydrogen-bond donors (Lipinski definition) is 0. The van der Waals surface area contributed by atoms with Crippen LogP contribution in [0.4, 0.5) is 0 Å². The summed E-state index contributed by atoms with van der Waals surface area (Å²) in [5, 5.41) is 0. The summed E-state index contributed by atoms with van der Waals surface area (Å²) in [5.74, 6) is -0.370. The van der Waals surface area contributed by atoms with Crippen molar-refractivity contribution in [2.24, 2.45) is 0 Å². The van der Waals surface area contributed by atoms with Gasteiger partial charge in [0.05, 0.1) is 12.6 Å². The third kappa shape index (κ3) is 2.97. The van der Waals surface area contributed by atoms with Crippen LogP contribution in [0, 0.1) is 0 Å². The number of rotatable bonds is 4. The molecule has 1 amide bonds. The molecule has 0 saturated carbocycles. The van der Waals surface area contributed by atoms with Crippen molar-refractivity contribution in [1.29, 1.82) is 0 Å². The number of amides is 1. The van der Waals surface area contributed by atoms with Crippen LogP contribution in [0.1, 0.15) is 17.3 Å². The zero-order valence-electron chi connectivity index (χ0n) is 10.2. The Balaban J connectivity index is 1.88. The summed E-state index contributed by atoms with van der Waals surface area (Å²) in [4.78, 5) is 24.8. The molecule has 4 nitrogen and oxygen atoms in total. The van der Waals surface area contributed by atoms with Crippen LogP contribution in [0.2, 0.25) is 0 Å². The van der Waals surface area contributed by atoms with Crippen LogP contribution < -0.4 is 0 Å². The zero-order chi connectivity index (χ0) is 13.0. The second-order valence-electron chi connectivity index (χ2n) is 4.00. The van der Waals surface area contributed by atoms with E-state index in [0.29, 0.717) is 18.7 Å². The molecule has 1 saturated heterocycles. The molecular formula is C14H15NO3. The average Bonchev–Trinajstić information content (AvgIpc) is 3.16. The van der Waals surface area contributed by atoms with Gasteiger partial charge in [-0.15, -0.1) is 0 Å². The minimum absolute atomic E-state index is 0.00545. The number of carbonyl (C=O) groups excluding carboxylic acids is 2. The summed E-state index contributed by atoms with van der Waals surface area (Å²) in [7, 11) is 0. The van der Waals surface area contributed by atoms with Crippen LogP contribution in [-0.2, 0) is 9.53 Å². The maximum absolute atomic E-state index is 12.0. The van der Waals surface area contributed by atoms with Crippen LogP contribution in [0.15, 0.2) is 42.5 Å². The smallest absolute Gasteiger partial charge is 0.330 e. The first kappa shape index (κ1) is 12.4. The molecule has 1 atom stereocenters. The van der Waals surface area contributed by atoms with Crippen molar-refractivity contribution >= 4 is 11.9 Å². The van der Waals surface area contributed by atoms with Crippen molar-refractivity contribution in [3.63, 3.8) is 0 Å². The first-order valence-corrected chi connectivity index (χ1v) is 5.93. The third-order valence-corrected chi connectivity index (χ3v) is 2.67. The van der Waals surface area contributed by atoms with E-state index in [4.69, 9.17) is 4.74 Å². The Morgan fingerprint density at radius 2 is 2.11 bits per heavy atom. The van der Waals surface area contributed by atoms with E-state index in [2.05, 4.69) is 0 Å². The van der Waals surface area contributed by atoms with Crippen molar-refractivity contribution in [1.82, 2.24) is 4.90 Å². The van der Waals surface area contributed by atoms with Crippen LogP contribution in [0.3, 0.4) is 0 Å². The molecule has 1 aliphatic rings. The lowest BCUT2D eigenvalue weighted by Gasteiger charge is -2.01. The normalized spacial score (nSPS) is 17.8. The van der Waals surface area contributed by atoms with E-state index < -0.39 is 0 Å². The fourth-order valence-corrected chi connectivity index (χ4v) is 1.68. The lowest BCUT2D eigenvalue weighted by molar-refractivity contribution is -0.137. The molecule has 1 fully saturated rings. The predicted octanol–water partition coefficient (Wildman–Crippen LogP) is 1.63. The van der Waals surface area contributed by atoms with Crippen LogP contribution >= 0.6 is 0 Å². The Labute approximate surface area is 106 Å². The number of esters is 1. The van der Waals surface area contributed by atoms with Gasteiger partial charge in [0.2, 0.25) is 0 Å². The summed E-state index contributed by atoms with van der Waals surface area (Å²) in [6.07, 6.45) is 3.09. The fourth-order valence-electron chi connectivity index (χ4n) is 1.68. The average molecular weight is 245 g/mol. The van der Waals surface area contributed by atoms with Crippen LogP contribution in [-0.4, -0.2) is 36.0 Å². The molecule has 1 aromatic rings. The highest BCUT2D eigenvalue weighted by molar-refractivity contribution is 5.96. The van der Waals surface area contributed by atoms with E-state index in [0.717, 1.165) is 0 Å². The van der Waals surface area contributed by atoms with Crippen LogP contribution in [0.5, 0.6) is 0 Å². The van der Waals surface area contributed by atoms with Gasteiger partial charge in [-0.05, 0) is 19.1 Å². The van der Waals surface area contributed by atoms with Gasteiger partial charge in [-0.3, -0.25) is 4.79 Å². The molecule has 1 heterocycles. The number of benzene rings is 1. The second-order valence-corrected chi connectivity index (χ2v) is 4.00. The zero-order valence-corrected chi connectivity index (χ0v) is 10.2. The van der Waals surface area contributed by atoms with Gasteiger partial charge in [-0.25, -0.2) is 4.79 Å². The maximum atomic E-state index is 12.0. The fraction of sp³-hybridized carbons (Fsp3) is 0.286. The molecule has 4 heteroatoms. The molecule has 1 aromatic carbocycles. The van der Waals surface area contributed by atoms with Gasteiger partial charge in [-0.2, -0.15) is 0 Å². The summed E-state index contributed by atoms with van der Waals surface area (Å²) in [6.45, 7) is 2.78. The third-order valence-electron chi connectivity index (χ3n) is 2.67. The van der Waals surface area contributed by atoms with E-state index in [1.165, 1.54) is 6.08 Å². The van der Waals surface area contributed by atoms with Crippen LogP contribution in [0.25, 0.3) is 0 Å². The molecule has 0 spiro atoms. The molecule has 2 rings (SSSR count). The molecule has 0 bridgehead atoms. The summed E-state index contributed by atoms with van der Waals surface area (Å²) < 4.78 is 4.77. The monoisotopic (exact) mass is 245 g/mol. The van der Waals surface area contributed by atoms with E-state index >= 15 is 0 Å². The second kappa shape index (κ2) is 5.49. The topological polar surface area (TPSA) is 46.4 Å². The number of hydrogen-bond acceptors (Lipinski definition) is 3. The van der Waals surface area contributed by atoms with Crippen molar-refractivity contribution in [2.45, 2.75) is 13.0 Å². The largest absolute Gasteiger partial charge is 0.463 e. The van der Waals surface area contributed by atoms with Gasteiger partial charge < -0.3 is 9.64 Å². The number of nitrogens with zero attached hydrogens (tertiary/aromatic N) is 1. The predicted molar refractivity (Wildman–Crippen MR) is 67.0 cm³/mol. The van der Waals surface area contributed by atoms with Gasteiger partial charge in [-0.1, -0.05) is 24.3 Å². The first-order chi connectivity index (χ1) is 8.72. The van der Waals surface area contributed by atoms with E-state index in [9.17, 15) is 9.59 Å². The van der Waals surface area contributed by atoms with E-state index in [-0.39, 0.29) is 17.9 Å². The Morgan fingerprint density at radius 3 is 2.78 bits per heavy atom. The Morgan fingerprint density at radius 1 is 1.39 bits per heavy atom. The Bertz CT molecular complexity index is 467. The maximum Gasteiger partial charge on any atom is 0.330 e. The first-order valence-electron chi connectivity index (χ1n) is 5.93.